The topological polar surface area (TPSA) is 12.0 Å². The van der Waals surface area contributed by atoms with Crippen molar-refractivity contribution in [3.8, 4) is 0 Å². The second kappa shape index (κ2) is 3.64. The molecule has 0 bridgehead atoms. The van der Waals surface area contributed by atoms with Crippen molar-refractivity contribution in [2.45, 2.75) is 6.92 Å². The van der Waals surface area contributed by atoms with Gasteiger partial charge >= 0.3 is 0 Å². The van der Waals surface area contributed by atoms with Crippen LogP contribution in [0.5, 0.6) is 0 Å². The van der Waals surface area contributed by atoms with Gasteiger partial charge in [0, 0.05) is 5.69 Å². The highest BCUT2D eigenvalue weighted by molar-refractivity contribution is 8.00. The fraction of sp³-hybridized carbons (Fsp3) is 0.125. The van der Waals surface area contributed by atoms with Crippen LogP contribution in [0.4, 0.5) is 5.69 Å². The van der Waals surface area contributed by atoms with Crippen LogP contribution in [0, 0.1) is 6.92 Å². The molecule has 0 aliphatic heterocycles. The summed E-state index contributed by atoms with van der Waals surface area (Å²) in [7, 11) is 0. The molecule has 1 N–H and O–H groups in total. The molecule has 0 fully saturated rings. The van der Waals surface area contributed by atoms with E-state index in [4.69, 9.17) is 24.8 Å². The first kappa shape index (κ1) is 8.43. The molecule has 0 saturated heterocycles. The fourth-order valence-electron chi connectivity index (χ4n) is 0.755. The molecule has 0 aliphatic carbocycles. The minimum Gasteiger partial charge on any atom is -0.411 e. The first-order chi connectivity index (χ1) is 5.18. The maximum absolute atomic E-state index is 4.71. The van der Waals surface area contributed by atoms with Gasteiger partial charge in [-0.2, -0.15) is 0 Å². The van der Waals surface area contributed by atoms with Crippen LogP contribution in [-0.4, -0.2) is 4.32 Å². The zero-order valence-electron chi connectivity index (χ0n) is 6.13. The number of aryl methyl sites for hydroxylation is 1. The lowest BCUT2D eigenvalue weighted by Crippen LogP contribution is -2.03. The Morgan fingerprint density at radius 2 is 1.91 bits per heavy atom. The van der Waals surface area contributed by atoms with E-state index in [-0.39, 0.29) is 0 Å². The third kappa shape index (κ3) is 2.82. The van der Waals surface area contributed by atoms with Crippen LogP contribution in [0.3, 0.4) is 0 Å². The minimum absolute atomic E-state index is 0.383. The maximum atomic E-state index is 4.71. The highest BCUT2D eigenvalue weighted by Gasteiger charge is 1.86. The molecule has 0 amide bonds. The summed E-state index contributed by atoms with van der Waals surface area (Å²) in [4.78, 5) is 0. The van der Waals surface area contributed by atoms with Gasteiger partial charge in [0.1, 0.15) is 0 Å². The molecule has 3 heteroatoms. The van der Waals surface area contributed by atoms with E-state index in [1.54, 1.807) is 0 Å². The largest absolute Gasteiger partial charge is 0.411 e. The molecule has 11 heavy (non-hydrogen) atoms. The maximum Gasteiger partial charge on any atom is 0.0371 e. The van der Waals surface area contributed by atoms with Gasteiger partial charge in [0.15, 0.2) is 0 Å². The van der Waals surface area contributed by atoms with E-state index in [9.17, 15) is 0 Å². The zero-order valence-corrected chi connectivity index (χ0v) is 7.76. The predicted octanol–water partition coefficient (Wildman–Crippen LogP) is 2.24. The van der Waals surface area contributed by atoms with Crippen molar-refractivity contribution >= 4 is 34.9 Å². The molecule has 0 saturated carbocycles. The quantitative estimate of drug-likeness (QED) is 0.528. The average molecular weight is 182 g/mol. The normalized spacial score (nSPS) is 9.18. The number of anilines is 1. The van der Waals surface area contributed by atoms with Crippen molar-refractivity contribution in [3.05, 3.63) is 29.8 Å². The summed E-state index contributed by atoms with van der Waals surface area (Å²) >= 11 is 9.43. The molecule has 0 spiro atoms. The van der Waals surface area contributed by atoms with Gasteiger partial charge in [-0.25, -0.2) is 0 Å². The van der Waals surface area contributed by atoms with Gasteiger partial charge in [0.2, 0.25) is 0 Å². The third-order valence-electron chi connectivity index (χ3n) is 1.30. The van der Waals surface area contributed by atoms with Gasteiger partial charge in [-0.05, 0) is 19.1 Å². The highest BCUT2D eigenvalue weighted by Crippen LogP contribution is 2.07. The molecular formula is C8H8NS2-. The molecule has 0 atom stereocenters. The van der Waals surface area contributed by atoms with E-state index in [1.807, 2.05) is 31.2 Å². The number of nitrogens with one attached hydrogen (secondary N) is 1. The van der Waals surface area contributed by atoms with Crippen molar-refractivity contribution in [1.82, 2.24) is 0 Å². The van der Waals surface area contributed by atoms with Gasteiger partial charge in [0.05, 0.1) is 0 Å². The lowest BCUT2D eigenvalue weighted by Gasteiger charge is -2.08. The molecule has 0 heterocycles. The van der Waals surface area contributed by atoms with Crippen LogP contribution in [-0.2, 0) is 12.6 Å². The summed E-state index contributed by atoms with van der Waals surface area (Å²) in [6.07, 6.45) is 0. The zero-order chi connectivity index (χ0) is 8.27. The van der Waals surface area contributed by atoms with E-state index in [2.05, 4.69) is 5.32 Å². The fourth-order valence-corrected chi connectivity index (χ4v) is 0.990. The van der Waals surface area contributed by atoms with Crippen LogP contribution in [0.1, 0.15) is 5.56 Å². The standard InChI is InChI=1S/C8H9NS2/c1-6-2-4-7(5-3-6)9-8(10)11/h2-5H,1H3,(H2,9,10,11)/p-1. The number of hydrogen-bond donors (Lipinski definition) is 1. The van der Waals surface area contributed by atoms with Crippen molar-refractivity contribution in [3.63, 3.8) is 0 Å². The minimum atomic E-state index is 0.383. The first-order valence-corrected chi connectivity index (χ1v) is 4.05. The Hall–Kier alpha value is -0.670. The van der Waals surface area contributed by atoms with Crippen molar-refractivity contribution < 1.29 is 0 Å². The number of benzene rings is 1. The second-order valence-electron chi connectivity index (χ2n) is 2.28. The van der Waals surface area contributed by atoms with Crippen molar-refractivity contribution in [1.29, 1.82) is 0 Å². The molecule has 58 valence electrons. The molecule has 0 unspecified atom stereocenters. The molecule has 1 nitrogen and oxygen atoms in total. The molecular weight excluding hydrogens is 174 g/mol. The monoisotopic (exact) mass is 182 g/mol. The van der Waals surface area contributed by atoms with Crippen LogP contribution < -0.4 is 5.32 Å². The Morgan fingerprint density at radius 3 is 2.36 bits per heavy atom. The summed E-state index contributed by atoms with van der Waals surface area (Å²) < 4.78 is 0.383. The lowest BCUT2D eigenvalue weighted by atomic mass is 10.2. The smallest absolute Gasteiger partial charge is 0.0371 e. The third-order valence-corrected chi connectivity index (χ3v) is 1.50. The second-order valence-corrected chi connectivity index (χ2v) is 3.35. The summed E-state index contributed by atoms with van der Waals surface area (Å²) in [6.45, 7) is 2.04. The van der Waals surface area contributed by atoms with E-state index in [0.29, 0.717) is 4.32 Å². The van der Waals surface area contributed by atoms with Crippen molar-refractivity contribution in [2.75, 3.05) is 5.32 Å². The van der Waals surface area contributed by atoms with E-state index in [1.165, 1.54) is 5.56 Å². The number of rotatable bonds is 1. The van der Waals surface area contributed by atoms with E-state index >= 15 is 0 Å². The van der Waals surface area contributed by atoms with E-state index in [0.717, 1.165) is 5.69 Å². The SMILES string of the molecule is Cc1ccc(NC(=S)[S-])cc1. The summed E-state index contributed by atoms with van der Waals surface area (Å²) in [5, 5.41) is 2.88. The molecule has 1 aromatic carbocycles. The van der Waals surface area contributed by atoms with Crippen LogP contribution in [0.25, 0.3) is 0 Å². The average Bonchev–Trinajstić information content (AvgIpc) is 1.93. The molecule has 1 rings (SSSR count). The Bertz CT molecular complexity index is 253. The number of thiocarbonyl (C=S) groups is 1. The predicted molar refractivity (Wildman–Crippen MR) is 54.8 cm³/mol. The first-order valence-electron chi connectivity index (χ1n) is 3.23. The van der Waals surface area contributed by atoms with Gasteiger partial charge in [0.25, 0.3) is 0 Å². The van der Waals surface area contributed by atoms with Crippen molar-refractivity contribution in [2.24, 2.45) is 0 Å². The summed E-state index contributed by atoms with van der Waals surface area (Å²) in [5.41, 5.74) is 2.18. The molecule has 0 aromatic heterocycles. The number of hydrogen-bond acceptors (Lipinski definition) is 2. The van der Waals surface area contributed by atoms with Gasteiger partial charge in [-0.3, -0.25) is 0 Å². The summed E-state index contributed by atoms with van der Waals surface area (Å²) in [6, 6.07) is 7.92. The Kier molecular flexibility index (Phi) is 2.79. The van der Waals surface area contributed by atoms with Gasteiger partial charge < -0.3 is 30.2 Å². The van der Waals surface area contributed by atoms with Gasteiger partial charge in [-0.1, -0.05) is 22.0 Å². The Balaban J connectivity index is 2.74. The van der Waals surface area contributed by atoms with Crippen LogP contribution >= 0.6 is 12.2 Å². The summed E-state index contributed by atoms with van der Waals surface area (Å²) in [5.74, 6) is 0. The molecule has 1 aromatic rings. The molecule has 0 radical (unpaired) electrons. The Labute approximate surface area is 77.2 Å². The van der Waals surface area contributed by atoms with Crippen LogP contribution in [0.15, 0.2) is 24.3 Å². The lowest BCUT2D eigenvalue weighted by molar-refractivity contribution is 1.47. The Morgan fingerprint density at radius 1 is 1.36 bits per heavy atom. The molecule has 0 aliphatic rings. The van der Waals surface area contributed by atoms with Gasteiger partial charge in [-0.15, -0.1) is 0 Å². The van der Waals surface area contributed by atoms with Crippen LogP contribution in [0.2, 0.25) is 0 Å². The highest BCUT2D eigenvalue weighted by atomic mass is 32.1. The van der Waals surface area contributed by atoms with E-state index < -0.39 is 0 Å².